The summed E-state index contributed by atoms with van der Waals surface area (Å²) in [6.45, 7) is 0. The van der Waals surface area contributed by atoms with Gasteiger partial charge in [0.2, 0.25) is 0 Å². The molecule has 0 saturated carbocycles. The van der Waals surface area contributed by atoms with E-state index in [4.69, 9.17) is 11.6 Å². The summed E-state index contributed by atoms with van der Waals surface area (Å²) in [7, 11) is 0. The van der Waals surface area contributed by atoms with Crippen molar-refractivity contribution in [2.45, 2.75) is 25.0 Å². The van der Waals surface area contributed by atoms with Crippen LogP contribution in [0.2, 0.25) is 5.02 Å². The van der Waals surface area contributed by atoms with Crippen LogP contribution >= 0.6 is 11.6 Å². The molecule has 0 aromatic heterocycles. The number of aryl methyl sites for hydroxylation is 1. The van der Waals surface area contributed by atoms with E-state index < -0.39 is 12.2 Å². The molecule has 3 heteroatoms. The van der Waals surface area contributed by atoms with E-state index in [1.807, 2.05) is 12.1 Å². The highest BCUT2D eigenvalue weighted by Crippen LogP contribution is 2.34. The molecule has 0 fully saturated rings. The van der Waals surface area contributed by atoms with E-state index in [-0.39, 0.29) is 0 Å². The molecule has 0 unspecified atom stereocenters. The summed E-state index contributed by atoms with van der Waals surface area (Å²) in [6.07, 6.45) is -0.104. The summed E-state index contributed by atoms with van der Waals surface area (Å²) in [5.74, 6) is 0. The summed E-state index contributed by atoms with van der Waals surface area (Å²) in [5.41, 5.74) is 1.74. The first-order valence-corrected chi connectivity index (χ1v) is 4.71. The number of fused-ring (bicyclic) bond motifs is 1. The zero-order valence-electron chi connectivity index (χ0n) is 7.07. The number of rotatable bonds is 0. The van der Waals surface area contributed by atoms with Crippen molar-refractivity contribution in [3.63, 3.8) is 0 Å². The van der Waals surface area contributed by atoms with Crippen molar-refractivity contribution in [1.82, 2.24) is 0 Å². The van der Waals surface area contributed by atoms with E-state index in [1.54, 1.807) is 6.07 Å². The molecule has 0 radical (unpaired) electrons. The van der Waals surface area contributed by atoms with Crippen LogP contribution in [0.3, 0.4) is 0 Å². The topological polar surface area (TPSA) is 40.5 Å². The number of aliphatic hydroxyl groups excluding tert-OH is 2. The van der Waals surface area contributed by atoms with Gasteiger partial charge in [-0.25, -0.2) is 0 Å². The van der Waals surface area contributed by atoms with Crippen LogP contribution in [-0.2, 0) is 6.42 Å². The number of benzene rings is 1. The van der Waals surface area contributed by atoms with Crippen LogP contribution in [0.4, 0.5) is 0 Å². The van der Waals surface area contributed by atoms with Gasteiger partial charge >= 0.3 is 0 Å². The second-order valence-electron chi connectivity index (χ2n) is 3.36. The quantitative estimate of drug-likeness (QED) is 0.666. The fourth-order valence-electron chi connectivity index (χ4n) is 1.78. The molecule has 1 aromatic carbocycles. The van der Waals surface area contributed by atoms with Crippen molar-refractivity contribution in [2.75, 3.05) is 0 Å². The van der Waals surface area contributed by atoms with Crippen molar-refractivity contribution < 1.29 is 10.2 Å². The minimum atomic E-state index is -0.822. The first-order chi connectivity index (χ1) is 6.20. The van der Waals surface area contributed by atoms with E-state index in [1.165, 1.54) is 0 Å². The first kappa shape index (κ1) is 9.00. The summed E-state index contributed by atoms with van der Waals surface area (Å²) in [6, 6.07) is 5.55. The lowest BCUT2D eigenvalue weighted by Gasteiger charge is -2.27. The highest BCUT2D eigenvalue weighted by Gasteiger charge is 2.27. The normalized spacial score (nSPS) is 27.0. The Morgan fingerprint density at radius 3 is 2.85 bits per heavy atom. The van der Waals surface area contributed by atoms with Gasteiger partial charge in [-0.15, -0.1) is 0 Å². The fraction of sp³-hybridized carbons (Fsp3) is 0.400. The maximum absolute atomic E-state index is 9.68. The van der Waals surface area contributed by atoms with Crippen LogP contribution in [-0.4, -0.2) is 16.3 Å². The summed E-state index contributed by atoms with van der Waals surface area (Å²) < 4.78 is 0. The van der Waals surface area contributed by atoms with Gasteiger partial charge in [-0.1, -0.05) is 23.7 Å². The molecule has 0 aliphatic heterocycles. The third-order valence-corrected chi connectivity index (χ3v) is 2.84. The Morgan fingerprint density at radius 1 is 1.31 bits per heavy atom. The Labute approximate surface area is 81.8 Å². The second kappa shape index (κ2) is 3.29. The van der Waals surface area contributed by atoms with Crippen molar-refractivity contribution >= 4 is 11.6 Å². The average Bonchev–Trinajstić information content (AvgIpc) is 2.12. The van der Waals surface area contributed by atoms with Gasteiger partial charge in [-0.3, -0.25) is 0 Å². The van der Waals surface area contributed by atoms with Crippen LogP contribution in [0.25, 0.3) is 0 Å². The van der Waals surface area contributed by atoms with Gasteiger partial charge in [-0.2, -0.15) is 0 Å². The van der Waals surface area contributed by atoms with Crippen molar-refractivity contribution in [2.24, 2.45) is 0 Å². The van der Waals surface area contributed by atoms with E-state index >= 15 is 0 Å². The zero-order chi connectivity index (χ0) is 9.42. The molecule has 1 aromatic rings. The molecule has 2 rings (SSSR count). The number of halogens is 1. The standard InChI is InChI=1S/C10H11ClO2/c11-7-3-1-2-6-4-5-8(12)10(13)9(6)7/h1-3,8,10,12-13H,4-5H2/t8-,10+/m0/s1. The highest BCUT2D eigenvalue weighted by atomic mass is 35.5. The molecule has 13 heavy (non-hydrogen) atoms. The number of aliphatic hydroxyl groups is 2. The van der Waals surface area contributed by atoms with Crippen molar-refractivity contribution in [1.29, 1.82) is 0 Å². The second-order valence-corrected chi connectivity index (χ2v) is 3.77. The van der Waals surface area contributed by atoms with Gasteiger partial charge in [0.25, 0.3) is 0 Å². The van der Waals surface area contributed by atoms with Crippen molar-refractivity contribution in [3.05, 3.63) is 34.3 Å². The maximum Gasteiger partial charge on any atom is 0.107 e. The van der Waals surface area contributed by atoms with Crippen LogP contribution in [0.5, 0.6) is 0 Å². The minimum absolute atomic E-state index is 0.545. The van der Waals surface area contributed by atoms with Gasteiger partial charge in [0.05, 0.1) is 6.10 Å². The Bertz CT molecular complexity index is 325. The molecule has 0 amide bonds. The molecular formula is C10H11ClO2. The lowest BCUT2D eigenvalue weighted by molar-refractivity contribution is 0.00656. The Balaban J connectivity index is 2.51. The smallest absolute Gasteiger partial charge is 0.107 e. The Hall–Kier alpha value is -0.570. The zero-order valence-corrected chi connectivity index (χ0v) is 7.83. The molecule has 0 heterocycles. The molecule has 2 nitrogen and oxygen atoms in total. The monoisotopic (exact) mass is 198 g/mol. The summed E-state index contributed by atoms with van der Waals surface area (Å²) in [4.78, 5) is 0. The van der Waals surface area contributed by atoms with E-state index in [0.717, 1.165) is 12.0 Å². The predicted octanol–water partition coefficient (Wildman–Crippen LogP) is 1.68. The molecule has 1 aliphatic carbocycles. The van der Waals surface area contributed by atoms with Crippen LogP contribution in [0.1, 0.15) is 23.7 Å². The van der Waals surface area contributed by atoms with E-state index in [9.17, 15) is 10.2 Å². The molecule has 1 aliphatic rings. The number of hydrogen-bond acceptors (Lipinski definition) is 2. The molecular weight excluding hydrogens is 188 g/mol. The SMILES string of the molecule is O[C@H]1CCc2cccc(Cl)c2[C@@H]1O. The molecule has 0 spiro atoms. The van der Waals surface area contributed by atoms with Gasteiger partial charge in [0, 0.05) is 10.6 Å². The average molecular weight is 199 g/mol. The van der Waals surface area contributed by atoms with Crippen LogP contribution in [0, 0.1) is 0 Å². The number of hydrogen-bond donors (Lipinski definition) is 2. The van der Waals surface area contributed by atoms with Crippen molar-refractivity contribution in [3.8, 4) is 0 Å². The third kappa shape index (κ3) is 1.46. The van der Waals surface area contributed by atoms with Gasteiger partial charge in [-0.05, 0) is 24.5 Å². The first-order valence-electron chi connectivity index (χ1n) is 4.33. The lowest BCUT2D eigenvalue weighted by Crippen LogP contribution is -2.25. The minimum Gasteiger partial charge on any atom is -0.390 e. The molecule has 0 saturated heterocycles. The summed E-state index contributed by atoms with van der Waals surface area (Å²) >= 11 is 5.93. The fourth-order valence-corrected chi connectivity index (χ4v) is 2.09. The lowest BCUT2D eigenvalue weighted by atomic mass is 9.87. The Morgan fingerprint density at radius 2 is 2.08 bits per heavy atom. The molecule has 70 valence electrons. The van der Waals surface area contributed by atoms with Gasteiger partial charge in [0.1, 0.15) is 6.10 Å². The summed E-state index contributed by atoms with van der Waals surface area (Å²) in [5, 5.41) is 19.7. The highest BCUT2D eigenvalue weighted by molar-refractivity contribution is 6.31. The van der Waals surface area contributed by atoms with Crippen LogP contribution in [0.15, 0.2) is 18.2 Å². The predicted molar refractivity (Wildman–Crippen MR) is 50.7 cm³/mol. The maximum atomic E-state index is 9.68. The van der Waals surface area contributed by atoms with Gasteiger partial charge < -0.3 is 10.2 Å². The van der Waals surface area contributed by atoms with Crippen LogP contribution < -0.4 is 0 Å². The van der Waals surface area contributed by atoms with Gasteiger partial charge in [0.15, 0.2) is 0 Å². The van der Waals surface area contributed by atoms with E-state index in [0.29, 0.717) is 17.0 Å². The molecule has 2 atom stereocenters. The molecule has 2 N–H and O–H groups in total. The Kier molecular flexibility index (Phi) is 2.28. The van der Waals surface area contributed by atoms with E-state index in [2.05, 4.69) is 0 Å². The third-order valence-electron chi connectivity index (χ3n) is 2.51. The largest absolute Gasteiger partial charge is 0.390 e. The molecule has 0 bridgehead atoms.